The van der Waals surface area contributed by atoms with Gasteiger partial charge in [-0.15, -0.1) is 13.2 Å². The van der Waals surface area contributed by atoms with Crippen molar-refractivity contribution in [1.82, 2.24) is 9.96 Å². The Balaban J connectivity index is 2.08. The quantitative estimate of drug-likeness (QED) is 0.330. The maximum Gasteiger partial charge on any atom is 0.573 e. The van der Waals surface area contributed by atoms with E-state index in [2.05, 4.69) is 4.74 Å². The van der Waals surface area contributed by atoms with Gasteiger partial charge in [-0.05, 0) is 62.6 Å². The molecule has 0 aliphatic rings. The summed E-state index contributed by atoms with van der Waals surface area (Å²) < 4.78 is 71.1. The van der Waals surface area contributed by atoms with E-state index in [-0.39, 0.29) is 29.3 Å². The Hall–Kier alpha value is -2.83. The van der Waals surface area contributed by atoms with E-state index in [1.165, 1.54) is 36.4 Å². The third kappa shape index (κ3) is 7.74. The number of halogens is 3. The van der Waals surface area contributed by atoms with Crippen LogP contribution < -0.4 is 9.47 Å². The summed E-state index contributed by atoms with van der Waals surface area (Å²) in [7, 11) is -0.493. The van der Waals surface area contributed by atoms with E-state index in [0.29, 0.717) is 5.06 Å². The molecule has 0 aromatic heterocycles. The summed E-state index contributed by atoms with van der Waals surface area (Å²) in [5, 5.41) is 9.97. The fourth-order valence-electron chi connectivity index (χ4n) is 2.63. The molecule has 2 aromatic rings. The zero-order valence-corrected chi connectivity index (χ0v) is 17.4. The van der Waals surface area contributed by atoms with Crippen molar-refractivity contribution >= 4 is 16.2 Å². The van der Waals surface area contributed by atoms with Crippen molar-refractivity contribution in [2.75, 3.05) is 26.4 Å². The molecule has 2 aromatic carbocycles. The van der Waals surface area contributed by atoms with Crippen LogP contribution in [-0.2, 0) is 14.6 Å². The highest BCUT2D eigenvalue weighted by molar-refractivity contribution is 7.91. The molecule has 0 bridgehead atoms. The van der Waals surface area contributed by atoms with Crippen LogP contribution in [0, 0.1) is 0 Å². The number of hydrogen-bond acceptors (Lipinski definition) is 7. The maximum absolute atomic E-state index is 12.6. The van der Waals surface area contributed by atoms with E-state index in [1.807, 2.05) is 0 Å². The third-order valence-electron chi connectivity index (χ3n) is 3.95. The highest BCUT2D eigenvalue weighted by Gasteiger charge is 2.31. The molecular weight excluding hydrogens is 441 g/mol. The first-order valence-corrected chi connectivity index (χ1v) is 10.5. The van der Waals surface area contributed by atoms with Gasteiger partial charge in [-0.1, -0.05) is 0 Å². The number of benzene rings is 2. The normalized spacial score (nSPS) is 13.0. The number of ether oxygens (including phenoxy) is 2. The van der Waals surface area contributed by atoms with Crippen LogP contribution in [0.2, 0.25) is 0 Å². The molecule has 1 unspecified atom stereocenters. The minimum atomic E-state index is -4.80. The van der Waals surface area contributed by atoms with Crippen molar-refractivity contribution in [3.05, 3.63) is 48.5 Å². The van der Waals surface area contributed by atoms with Gasteiger partial charge in [0.15, 0.2) is 9.84 Å². The Bertz CT molecular complexity index is 964. The first-order valence-electron chi connectivity index (χ1n) is 8.83. The number of nitrogens with zero attached hydrogens (tertiary/aromatic N) is 2. The van der Waals surface area contributed by atoms with Crippen molar-refractivity contribution in [3.63, 3.8) is 0 Å². The van der Waals surface area contributed by atoms with Crippen molar-refractivity contribution < 1.29 is 41.1 Å². The molecule has 0 spiro atoms. The highest BCUT2D eigenvalue weighted by Crippen LogP contribution is 2.28. The number of carbonyl (C=O) groups is 1. The van der Waals surface area contributed by atoms with E-state index in [4.69, 9.17) is 4.74 Å². The van der Waals surface area contributed by atoms with E-state index in [9.17, 15) is 31.6 Å². The van der Waals surface area contributed by atoms with Crippen molar-refractivity contribution in [2.45, 2.75) is 17.3 Å². The Kier molecular flexibility index (Phi) is 7.87. The standard InChI is InChI=1S/C19H21F3N2O6S/c1-23(2)11-14(24(26)13-25)12-31(27,28)18-9-7-16(8-10-18)29-15-3-5-17(6-4-15)30-19(20,21)22/h3-10,13-14,26H,11-12H2,1-2H3. The van der Waals surface area contributed by atoms with Gasteiger partial charge < -0.3 is 14.4 Å². The van der Waals surface area contributed by atoms with Crippen LogP contribution in [0.3, 0.4) is 0 Å². The van der Waals surface area contributed by atoms with Crippen LogP contribution >= 0.6 is 0 Å². The Morgan fingerprint density at radius 3 is 1.94 bits per heavy atom. The van der Waals surface area contributed by atoms with E-state index in [1.54, 1.807) is 19.0 Å². The molecule has 12 heteroatoms. The summed E-state index contributed by atoms with van der Waals surface area (Å²) in [4.78, 5) is 12.4. The molecule has 0 radical (unpaired) electrons. The minimum absolute atomic E-state index is 0.0446. The van der Waals surface area contributed by atoms with Gasteiger partial charge in [0.25, 0.3) is 0 Å². The molecule has 0 aliphatic heterocycles. The van der Waals surface area contributed by atoms with E-state index < -0.39 is 33.7 Å². The molecule has 1 amide bonds. The smallest absolute Gasteiger partial charge is 0.457 e. The topological polar surface area (TPSA) is 96.4 Å². The monoisotopic (exact) mass is 462 g/mol. The Morgan fingerprint density at radius 1 is 1.00 bits per heavy atom. The lowest BCUT2D eigenvalue weighted by molar-refractivity contribution is -0.274. The van der Waals surface area contributed by atoms with Crippen molar-refractivity contribution in [2.24, 2.45) is 0 Å². The van der Waals surface area contributed by atoms with Gasteiger partial charge in [0.1, 0.15) is 17.2 Å². The first kappa shape index (κ1) is 24.4. The number of amides is 1. The average Bonchev–Trinajstić information content (AvgIpc) is 2.67. The van der Waals surface area contributed by atoms with Gasteiger partial charge in [0, 0.05) is 6.54 Å². The molecule has 1 N–H and O–H groups in total. The van der Waals surface area contributed by atoms with Gasteiger partial charge >= 0.3 is 6.36 Å². The van der Waals surface area contributed by atoms with Crippen LogP contribution in [0.4, 0.5) is 13.2 Å². The average molecular weight is 462 g/mol. The summed E-state index contributed by atoms with van der Waals surface area (Å²) >= 11 is 0. The number of hydroxylamine groups is 2. The SMILES string of the molecule is CN(C)CC(CS(=O)(=O)c1ccc(Oc2ccc(OC(F)(F)F)cc2)cc1)N(O)C=O. The molecule has 2 rings (SSSR count). The second kappa shape index (κ2) is 9.98. The fourth-order valence-corrected chi connectivity index (χ4v) is 4.14. The summed E-state index contributed by atoms with van der Waals surface area (Å²) in [5.74, 6) is -0.425. The largest absolute Gasteiger partial charge is 0.573 e. The van der Waals surface area contributed by atoms with Crippen molar-refractivity contribution in [3.8, 4) is 17.2 Å². The Morgan fingerprint density at radius 2 is 1.48 bits per heavy atom. The Labute approximate surface area is 177 Å². The molecule has 31 heavy (non-hydrogen) atoms. The van der Waals surface area contributed by atoms with E-state index in [0.717, 1.165) is 12.1 Å². The second-order valence-electron chi connectivity index (χ2n) is 6.78. The zero-order valence-electron chi connectivity index (χ0n) is 16.6. The lowest BCUT2D eigenvalue weighted by atomic mass is 10.3. The number of hydrogen-bond donors (Lipinski definition) is 1. The van der Waals surface area contributed by atoms with Gasteiger partial charge in [0.05, 0.1) is 16.7 Å². The molecule has 1 atom stereocenters. The predicted octanol–water partition coefficient (Wildman–Crippen LogP) is 2.93. The third-order valence-corrected chi connectivity index (χ3v) is 5.76. The zero-order chi connectivity index (χ0) is 23.2. The summed E-state index contributed by atoms with van der Waals surface area (Å²) in [5.41, 5.74) is 0. The number of alkyl halides is 3. The number of likely N-dealkylation sites (N-methyl/N-ethyl adjacent to an activating group) is 1. The lowest BCUT2D eigenvalue weighted by Gasteiger charge is -2.25. The van der Waals surface area contributed by atoms with Crippen LogP contribution in [0.25, 0.3) is 0 Å². The van der Waals surface area contributed by atoms with Gasteiger partial charge in [-0.2, -0.15) is 0 Å². The molecule has 170 valence electrons. The van der Waals surface area contributed by atoms with Gasteiger partial charge in [0.2, 0.25) is 6.41 Å². The molecule has 0 saturated heterocycles. The number of carbonyl (C=O) groups excluding carboxylic acids is 1. The van der Waals surface area contributed by atoms with Crippen LogP contribution in [0.5, 0.6) is 17.2 Å². The van der Waals surface area contributed by atoms with Crippen molar-refractivity contribution in [1.29, 1.82) is 0 Å². The maximum atomic E-state index is 12.6. The lowest BCUT2D eigenvalue weighted by Crippen LogP contribution is -2.44. The molecule has 8 nitrogen and oxygen atoms in total. The molecule has 0 saturated carbocycles. The van der Waals surface area contributed by atoms with Gasteiger partial charge in [-0.25, -0.2) is 13.5 Å². The molecular formula is C19H21F3N2O6S. The number of rotatable bonds is 10. The van der Waals surface area contributed by atoms with Gasteiger partial charge in [-0.3, -0.25) is 10.0 Å². The van der Waals surface area contributed by atoms with E-state index >= 15 is 0 Å². The fraction of sp³-hybridized carbons (Fsp3) is 0.316. The summed E-state index contributed by atoms with van der Waals surface area (Å²) in [6, 6.07) is 9.09. The first-order chi connectivity index (χ1) is 14.4. The highest BCUT2D eigenvalue weighted by atomic mass is 32.2. The molecule has 0 heterocycles. The molecule has 0 fully saturated rings. The molecule has 0 aliphatic carbocycles. The number of sulfone groups is 1. The van der Waals surface area contributed by atoms with Crippen LogP contribution in [0.15, 0.2) is 53.4 Å². The van der Waals surface area contributed by atoms with Crippen LogP contribution in [0.1, 0.15) is 0 Å². The summed E-state index contributed by atoms with van der Waals surface area (Å²) in [6.45, 7) is 0.129. The predicted molar refractivity (Wildman–Crippen MR) is 104 cm³/mol. The second-order valence-corrected chi connectivity index (χ2v) is 8.81. The summed E-state index contributed by atoms with van der Waals surface area (Å²) in [6.07, 6.45) is -4.65. The minimum Gasteiger partial charge on any atom is -0.457 e. The van der Waals surface area contributed by atoms with Crippen LogP contribution in [-0.4, -0.2) is 68.8 Å².